The minimum atomic E-state index is -3.24. The topological polar surface area (TPSA) is 57.7 Å². The molecule has 0 radical (unpaired) electrons. The van der Waals surface area contributed by atoms with Crippen LogP contribution in [-0.2, 0) is 14.8 Å². The van der Waals surface area contributed by atoms with Crippen molar-refractivity contribution in [3.05, 3.63) is 0 Å². The summed E-state index contributed by atoms with van der Waals surface area (Å²) in [4.78, 5) is 12.6. The van der Waals surface area contributed by atoms with E-state index in [4.69, 9.17) is 0 Å². The van der Waals surface area contributed by atoms with Gasteiger partial charge in [0.15, 0.2) is 0 Å². The molecule has 13 heavy (non-hydrogen) atoms. The number of hydrogen-bond acceptors (Lipinski definition) is 4. The van der Waals surface area contributed by atoms with Crippen molar-refractivity contribution in [2.24, 2.45) is 0 Å². The first-order valence-electron chi connectivity index (χ1n) is 4.06. The molecule has 0 aromatic rings. The molecule has 1 heterocycles. The molecule has 1 fully saturated rings. The first kappa shape index (κ1) is 10.6. The highest BCUT2D eigenvalue weighted by molar-refractivity contribution is 7.88. The molecule has 1 unspecified atom stereocenters. The van der Waals surface area contributed by atoms with Crippen LogP contribution in [0.4, 0.5) is 0 Å². The van der Waals surface area contributed by atoms with Crippen LogP contribution in [0.3, 0.4) is 0 Å². The van der Waals surface area contributed by atoms with Gasteiger partial charge in [-0.3, -0.25) is 0 Å². The minimum Gasteiger partial charge on any atom is -0.303 e. The number of aldehydes is 1. The Hall–Kier alpha value is -0.460. The standard InChI is InChI=1S/C7H14N2O3S/c1-8-3-4-9(13(2,11)12)7(5-8)6-10/h6-7H,3-5H2,1-2H3. The van der Waals surface area contributed by atoms with Crippen molar-refractivity contribution in [1.82, 2.24) is 9.21 Å². The van der Waals surface area contributed by atoms with Crippen molar-refractivity contribution < 1.29 is 13.2 Å². The van der Waals surface area contributed by atoms with E-state index in [1.54, 1.807) is 0 Å². The summed E-state index contributed by atoms with van der Waals surface area (Å²) in [6.07, 6.45) is 1.82. The van der Waals surface area contributed by atoms with Crippen molar-refractivity contribution in [3.63, 3.8) is 0 Å². The van der Waals surface area contributed by atoms with Crippen molar-refractivity contribution in [2.45, 2.75) is 6.04 Å². The highest BCUT2D eigenvalue weighted by Crippen LogP contribution is 2.10. The normalized spacial score (nSPS) is 27.4. The molecule has 76 valence electrons. The van der Waals surface area contributed by atoms with Gasteiger partial charge in [0, 0.05) is 19.6 Å². The number of sulfonamides is 1. The van der Waals surface area contributed by atoms with Gasteiger partial charge in [0.1, 0.15) is 6.29 Å². The van der Waals surface area contributed by atoms with Gasteiger partial charge in [-0.05, 0) is 7.05 Å². The van der Waals surface area contributed by atoms with Crippen molar-refractivity contribution in [1.29, 1.82) is 0 Å². The van der Waals surface area contributed by atoms with Crippen LogP contribution in [0.5, 0.6) is 0 Å². The lowest BCUT2D eigenvalue weighted by Gasteiger charge is -2.35. The number of hydrogen-bond donors (Lipinski definition) is 0. The van der Waals surface area contributed by atoms with Crippen LogP contribution in [0.25, 0.3) is 0 Å². The third-order valence-electron chi connectivity index (χ3n) is 2.15. The van der Waals surface area contributed by atoms with Crippen LogP contribution in [-0.4, -0.2) is 62.9 Å². The number of carbonyl (C=O) groups is 1. The minimum absolute atomic E-state index is 0.402. The molecular formula is C7H14N2O3S. The largest absolute Gasteiger partial charge is 0.303 e. The fraction of sp³-hybridized carbons (Fsp3) is 0.857. The lowest BCUT2D eigenvalue weighted by atomic mass is 10.2. The van der Waals surface area contributed by atoms with Crippen LogP contribution in [0.15, 0.2) is 0 Å². The van der Waals surface area contributed by atoms with E-state index in [0.29, 0.717) is 25.9 Å². The molecule has 0 spiro atoms. The molecule has 1 aliphatic heterocycles. The average molecular weight is 206 g/mol. The Bertz CT molecular complexity index is 288. The molecule has 0 amide bonds. The molecule has 0 saturated carbocycles. The highest BCUT2D eigenvalue weighted by Gasteiger charge is 2.30. The Balaban J connectivity index is 2.80. The van der Waals surface area contributed by atoms with Crippen LogP contribution < -0.4 is 0 Å². The van der Waals surface area contributed by atoms with Gasteiger partial charge in [-0.2, -0.15) is 4.31 Å². The van der Waals surface area contributed by atoms with E-state index < -0.39 is 16.1 Å². The lowest BCUT2D eigenvalue weighted by Crippen LogP contribution is -2.54. The summed E-state index contributed by atoms with van der Waals surface area (Å²) in [5.41, 5.74) is 0. The van der Waals surface area contributed by atoms with Gasteiger partial charge in [0.2, 0.25) is 10.0 Å². The van der Waals surface area contributed by atoms with Crippen LogP contribution in [0.2, 0.25) is 0 Å². The van der Waals surface area contributed by atoms with E-state index in [2.05, 4.69) is 0 Å². The summed E-state index contributed by atoms with van der Waals surface area (Å²) in [6, 6.07) is -0.520. The second kappa shape index (κ2) is 3.73. The van der Waals surface area contributed by atoms with E-state index in [-0.39, 0.29) is 0 Å². The van der Waals surface area contributed by atoms with Crippen LogP contribution in [0.1, 0.15) is 0 Å². The zero-order chi connectivity index (χ0) is 10.1. The maximum atomic E-state index is 11.2. The van der Waals surface area contributed by atoms with E-state index >= 15 is 0 Å². The fourth-order valence-electron chi connectivity index (χ4n) is 1.46. The summed E-state index contributed by atoms with van der Waals surface area (Å²) < 4.78 is 23.7. The molecule has 1 aliphatic rings. The van der Waals surface area contributed by atoms with Gasteiger partial charge in [0.25, 0.3) is 0 Å². The third kappa shape index (κ3) is 2.49. The Morgan fingerprint density at radius 3 is 2.46 bits per heavy atom. The second-order valence-corrected chi connectivity index (χ2v) is 5.27. The van der Waals surface area contributed by atoms with E-state index in [0.717, 1.165) is 6.26 Å². The number of rotatable bonds is 2. The second-order valence-electron chi connectivity index (χ2n) is 3.34. The molecule has 6 heteroatoms. The number of carbonyl (C=O) groups excluding carboxylic acids is 1. The molecule has 0 aromatic heterocycles. The quantitative estimate of drug-likeness (QED) is 0.530. The van der Waals surface area contributed by atoms with Crippen molar-refractivity contribution >= 4 is 16.3 Å². The Labute approximate surface area is 78.4 Å². The SMILES string of the molecule is CN1CCN(S(C)(=O)=O)C(C=O)C1. The number of nitrogens with zero attached hydrogens (tertiary/aromatic N) is 2. The molecule has 1 rings (SSSR count). The number of likely N-dealkylation sites (N-methyl/N-ethyl adjacent to an activating group) is 1. The van der Waals surface area contributed by atoms with Gasteiger partial charge in [0.05, 0.1) is 12.3 Å². The van der Waals surface area contributed by atoms with Crippen molar-refractivity contribution in [2.75, 3.05) is 32.9 Å². The lowest BCUT2D eigenvalue weighted by molar-refractivity contribution is -0.112. The maximum Gasteiger partial charge on any atom is 0.211 e. The van der Waals surface area contributed by atoms with Gasteiger partial charge < -0.3 is 9.69 Å². The Morgan fingerprint density at radius 2 is 2.00 bits per heavy atom. The van der Waals surface area contributed by atoms with E-state index in [1.165, 1.54) is 4.31 Å². The van der Waals surface area contributed by atoms with Gasteiger partial charge >= 0.3 is 0 Å². The van der Waals surface area contributed by atoms with Crippen LogP contribution in [0, 0.1) is 0 Å². The van der Waals surface area contributed by atoms with Crippen molar-refractivity contribution in [3.8, 4) is 0 Å². The zero-order valence-corrected chi connectivity index (χ0v) is 8.62. The molecule has 0 aromatic carbocycles. The molecular weight excluding hydrogens is 192 g/mol. The van der Waals surface area contributed by atoms with Gasteiger partial charge in [-0.15, -0.1) is 0 Å². The average Bonchev–Trinajstić information content (AvgIpc) is 2.01. The molecule has 0 N–H and O–H groups in total. The zero-order valence-electron chi connectivity index (χ0n) is 7.80. The van der Waals surface area contributed by atoms with Gasteiger partial charge in [-0.25, -0.2) is 8.42 Å². The Morgan fingerprint density at radius 1 is 1.38 bits per heavy atom. The molecule has 0 bridgehead atoms. The predicted molar refractivity (Wildman–Crippen MR) is 48.9 cm³/mol. The number of piperazine rings is 1. The summed E-state index contributed by atoms with van der Waals surface area (Å²) in [5.74, 6) is 0. The summed E-state index contributed by atoms with van der Waals surface area (Å²) in [5, 5.41) is 0. The third-order valence-corrected chi connectivity index (χ3v) is 3.46. The summed E-state index contributed by atoms with van der Waals surface area (Å²) in [6.45, 7) is 1.56. The highest BCUT2D eigenvalue weighted by atomic mass is 32.2. The van der Waals surface area contributed by atoms with E-state index in [1.807, 2.05) is 11.9 Å². The summed E-state index contributed by atoms with van der Waals surface area (Å²) >= 11 is 0. The molecule has 0 aliphatic carbocycles. The molecule has 5 nitrogen and oxygen atoms in total. The summed E-state index contributed by atoms with van der Waals surface area (Å²) in [7, 11) is -1.36. The van der Waals surface area contributed by atoms with E-state index in [9.17, 15) is 13.2 Å². The first-order valence-corrected chi connectivity index (χ1v) is 5.90. The van der Waals surface area contributed by atoms with Crippen LogP contribution >= 0.6 is 0 Å². The maximum absolute atomic E-state index is 11.2. The monoisotopic (exact) mass is 206 g/mol. The Kier molecular flexibility index (Phi) is 3.05. The molecule has 1 atom stereocenters. The predicted octanol–water partition coefficient (Wildman–Crippen LogP) is -1.24. The molecule has 1 saturated heterocycles. The fourth-order valence-corrected chi connectivity index (χ4v) is 2.48. The first-order chi connectivity index (χ1) is 5.95. The van der Waals surface area contributed by atoms with Gasteiger partial charge in [-0.1, -0.05) is 0 Å². The smallest absolute Gasteiger partial charge is 0.211 e.